The molecule has 3 aromatic heterocycles. The Hall–Kier alpha value is -5.19. The number of fused-ring (bicyclic) bond motifs is 3. The molecular weight excluding hydrogens is 673 g/mol. The number of anilines is 3. The van der Waals surface area contributed by atoms with Gasteiger partial charge >= 0.3 is 0 Å². The number of carbonyl (C=O) groups is 2. The normalized spacial score (nSPS) is 13.2. The summed E-state index contributed by atoms with van der Waals surface area (Å²) in [6.07, 6.45) is 5.88. The highest BCUT2D eigenvalue weighted by Gasteiger charge is 2.25. The topological polar surface area (TPSA) is 104 Å². The lowest BCUT2D eigenvalue weighted by Crippen LogP contribution is -2.51. The summed E-state index contributed by atoms with van der Waals surface area (Å²) in [6, 6.07) is 22.9. The molecule has 1 saturated heterocycles. The van der Waals surface area contributed by atoms with Crippen molar-refractivity contribution < 1.29 is 14.3 Å². The Morgan fingerprint density at radius 2 is 1.22 bits per heavy atom. The third kappa shape index (κ3) is 7.08. The summed E-state index contributed by atoms with van der Waals surface area (Å²) in [6.45, 7) is 2.88. The molecule has 50 heavy (non-hydrogen) atoms. The van der Waals surface area contributed by atoms with E-state index in [0.29, 0.717) is 55.7 Å². The number of nitrogens with one attached hydrogen (secondary N) is 1. The van der Waals surface area contributed by atoms with Crippen LogP contribution in [0.1, 0.15) is 12.8 Å². The molecule has 254 valence electrons. The second-order valence-electron chi connectivity index (χ2n) is 12.1. The van der Waals surface area contributed by atoms with Gasteiger partial charge in [0.1, 0.15) is 5.75 Å². The lowest BCUT2D eigenvalue weighted by atomic mass is 10.1. The number of halogens is 2. The van der Waals surface area contributed by atoms with Crippen molar-refractivity contribution >= 4 is 84.8 Å². The lowest BCUT2D eigenvalue weighted by molar-refractivity contribution is -0.139. The first-order chi connectivity index (χ1) is 24.4. The molecule has 0 unspecified atom stereocenters. The number of methoxy groups -OCH3 is 1. The number of piperazine rings is 1. The number of amides is 2. The molecular formula is C38H35Cl2N7O3. The predicted molar refractivity (Wildman–Crippen MR) is 200 cm³/mol. The summed E-state index contributed by atoms with van der Waals surface area (Å²) in [7, 11) is 1.63. The average Bonchev–Trinajstić information content (AvgIpc) is 3.14. The maximum absolute atomic E-state index is 13.7. The molecule has 2 amide bonds. The number of pyridine rings is 3. The first-order valence-corrected chi connectivity index (χ1v) is 17.2. The van der Waals surface area contributed by atoms with E-state index < -0.39 is 0 Å². The van der Waals surface area contributed by atoms with Crippen molar-refractivity contribution in [3.63, 3.8) is 0 Å². The summed E-state index contributed by atoms with van der Waals surface area (Å²) in [5, 5.41) is 7.41. The molecule has 3 aromatic carbocycles. The van der Waals surface area contributed by atoms with Crippen LogP contribution in [0, 0.1) is 0 Å². The van der Waals surface area contributed by atoms with Crippen molar-refractivity contribution in [2.24, 2.45) is 0 Å². The van der Waals surface area contributed by atoms with Crippen LogP contribution in [0.3, 0.4) is 0 Å². The van der Waals surface area contributed by atoms with Gasteiger partial charge in [-0.05, 0) is 66.7 Å². The first-order valence-electron chi connectivity index (χ1n) is 16.5. The smallest absolute Gasteiger partial charge is 0.224 e. The lowest BCUT2D eigenvalue weighted by Gasteiger charge is -2.35. The molecule has 0 saturated carbocycles. The quantitative estimate of drug-likeness (QED) is 0.158. The van der Waals surface area contributed by atoms with Gasteiger partial charge in [-0.25, -0.2) is 0 Å². The molecule has 7 rings (SSSR count). The molecule has 1 aliphatic rings. The molecule has 0 atom stereocenters. The minimum atomic E-state index is 0.0369. The molecule has 0 radical (unpaired) electrons. The predicted octanol–water partition coefficient (Wildman–Crippen LogP) is 7.35. The standard InChI is InChI=1S/C38H35Cl2N7O3/c1-50-27-4-7-30-34(24-27)44-15-10-36(30)47(35-9-14-43-33-23-26(40)3-6-29(33)35)17-12-38(49)46-20-18-45(19-21-46)37(48)11-16-41-31-8-13-42-32-22-25(39)2-5-28(31)32/h2-10,13-15,22-24H,11-12,16-21H2,1H3,(H,41,42). The van der Waals surface area contributed by atoms with Crippen LogP contribution in [0.2, 0.25) is 10.0 Å². The van der Waals surface area contributed by atoms with Gasteiger partial charge in [-0.2, -0.15) is 0 Å². The number of benzene rings is 3. The Labute approximate surface area is 299 Å². The monoisotopic (exact) mass is 707 g/mol. The number of carbonyl (C=O) groups excluding carboxylic acids is 2. The number of rotatable bonds is 10. The SMILES string of the molecule is COc1ccc2c(N(CCC(=O)N3CCN(C(=O)CCNc4ccnc5cc(Cl)ccc45)CC3)c3ccnc4cc(Cl)ccc34)ccnc2c1. The summed E-state index contributed by atoms with van der Waals surface area (Å²) >= 11 is 12.4. The summed E-state index contributed by atoms with van der Waals surface area (Å²) in [4.78, 5) is 46.1. The van der Waals surface area contributed by atoms with Gasteiger partial charge in [-0.1, -0.05) is 23.2 Å². The van der Waals surface area contributed by atoms with Crippen molar-refractivity contribution in [3.8, 4) is 5.75 Å². The van der Waals surface area contributed by atoms with Crippen molar-refractivity contribution in [2.75, 3.05) is 56.6 Å². The highest BCUT2D eigenvalue weighted by atomic mass is 35.5. The molecule has 10 nitrogen and oxygen atoms in total. The molecule has 12 heteroatoms. The number of ether oxygens (including phenoxy) is 1. The van der Waals surface area contributed by atoms with Gasteiger partial charge in [0.25, 0.3) is 0 Å². The van der Waals surface area contributed by atoms with Crippen LogP contribution >= 0.6 is 23.2 Å². The largest absolute Gasteiger partial charge is 0.497 e. The second-order valence-corrected chi connectivity index (χ2v) is 12.9. The zero-order valence-electron chi connectivity index (χ0n) is 27.5. The molecule has 1 N–H and O–H groups in total. The van der Waals surface area contributed by atoms with Gasteiger partial charge in [-0.3, -0.25) is 24.5 Å². The summed E-state index contributed by atoms with van der Waals surface area (Å²) in [5.74, 6) is 0.813. The van der Waals surface area contributed by atoms with E-state index in [1.54, 1.807) is 25.7 Å². The number of aromatic nitrogens is 3. The third-order valence-corrected chi connectivity index (χ3v) is 9.55. The Morgan fingerprint density at radius 3 is 1.84 bits per heavy atom. The highest BCUT2D eigenvalue weighted by molar-refractivity contribution is 6.31. The fraction of sp³-hybridized carbons (Fsp3) is 0.237. The molecule has 4 heterocycles. The fourth-order valence-corrected chi connectivity index (χ4v) is 6.83. The fourth-order valence-electron chi connectivity index (χ4n) is 6.50. The number of nitrogens with zero attached hydrogens (tertiary/aromatic N) is 6. The van der Waals surface area contributed by atoms with E-state index in [1.807, 2.05) is 82.6 Å². The van der Waals surface area contributed by atoms with Gasteiger partial charge in [0.05, 0.1) is 35.0 Å². The first kappa shape index (κ1) is 33.3. The Kier molecular flexibility index (Phi) is 9.82. The van der Waals surface area contributed by atoms with Crippen LogP contribution in [0.4, 0.5) is 17.1 Å². The van der Waals surface area contributed by atoms with Crippen LogP contribution in [0.15, 0.2) is 91.4 Å². The Bertz CT molecular complexity index is 2210. The van der Waals surface area contributed by atoms with E-state index >= 15 is 0 Å². The van der Waals surface area contributed by atoms with Gasteiger partial charge in [0.2, 0.25) is 11.8 Å². The summed E-state index contributed by atoms with van der Waals surface area (Å²) in [5.41, 5.74) is 5.09. The maximum atomic E-state index is 13.7. The van der Waals surface area contributed by atoms with Crippen LogP contribution in [-0.4, -0.2) is 82.9 Å². The van der Waals surface area contributed by atoms with Crippen molar-refractivity contribution in [1.82, 2.24) is 24.8 Å². The van der Waals surface area contributed by atoms with Gasteiger partial charge < -0.3 is 24.8 Å². The zero-order chi connectivity index (χ0) is 34.6. The molecule has 0 spiro atoms. The van der Waals surface area contributed by atoms with Gasteiger partial charge in [-0.15, -0.1) is 0 Å². The van der Waals surface area contributed by atoms with E-state index in [4.69, 9.17) is 27.9 Å². The van der Waals surface area contributed by atoms with Gasteiger partial charge in [0.15, 0.2) is 0 Å². The summed E-state index contributed by atoms with van der Waals surface area (Å²) < 4.78 is 5.44. The molecule has 0 aliphatic carbocycles. The van der Waals surface area contributed by atoms with Crippen molar-refractivity contribution in [2.45, 2.75) is 12.8 Å². The average molecular weight is 709 g/mol. The Morgan fingerprint density at radius 1 is 0.700 bits per heavy atom. The van der Waals surface area contributed by atoms with E-state index in [2.05, 4.69) is 25.2 Å². The highest BCUT2D eigenvalue weighted by Crippen LogP contribution is 2.37. The molecule has 6 aromatic rings. The molecule has 1 fully saturated rings. The van der Waals surface area contributed by atoms with Crippen LogP contribution in [0.25, 0.3) is 32.7 Å². The van der Waals surface area contributed by atoms with Crippen molar-refractivity contribution in [3.05, 3.63) is 101 Å². The number of hydrogen-bond donors (Lipinski definition) is 1. The van der Waals surface area contributed by atoms with E-state index in [0.717, 1.165) is 55.5 Å². The second kappa shape index (κ2) is 14.7. The van der Waals surface area contributed by atoms with Crippen LogP contribution in [-0.2, 0) is 9.59 Å². The number of hydrogen-bond acceptors (Lipinski definition) is 8. The third-order valence-electron chi connectivity index (χ3n) is 9.08. The van der Waals surface area contributed by atoms with E-state index in [9.17, 15) is 9.59 Å². The minimum Gasteiger partial charge on any atom is -0.497 e. The zero-order valence-corrected chi connectivity index (χ0v) is 29.0. The van der Waals surface area contributed by atoms with Crippen LogP contribution < -0.4 is 15.0 Å². The molecule has 1 aliphatic heterocycles. The molecule has 0 bridgehead atoms. The maximum Gasteiger partial charge on any atom is 0.224 e. The van der Waals surface area contributed by atoms with Crippen LogP contribution in [0.5, 0.6) is 5.75 Å². The van der Waals surface area contributed by atoms with E-state index in [-0.39, 0.29) is 18.2 Å². The Balaban J connectivity index is 1.01. The van der Waals surface area contributed by atoms with Crippen molar-refractivity contribution in [1.29, 1.82) is 0 Å². The van der Waals surface area contributed by atoms with Gasteiger partial charge in [0, 0.05) is 109 Å². The minimum absolute atomic E-state index is 0.0369. The van der Waals surface area contributed by atoms with E-state index in [1.165, 1.54) is 0 Å².